The van der Waals surface area contributed by atoms with Gasteiger partial charge in [0, 0.05) is 12.4 Å². The number of rotatable bonds is 2. The van der Waals surface area contributed by atoms with Gasteiger partial charge in [0.05, 0.1) is 13.2 Å². The van der Waals surface area contributed by atoms with E-state index in [1.807, 2.05) is 0 Å². The van der Waals surface area contributed by atoms with Crippen LogP contribution in [0.25, 0.3) is 0 Å². The van der Waals surface area contributed by atoms with Crippen LogP contribution in [0.5, 0.6) is 0 Å². The Bertz CT molecular complexity index is 476. The van der Waals surface area contributed by atoms with E-state index in [2.05, 4.69) is 4.98 Å². The Kier molecular flexibility index (Phi) is 2.07. The Morgan fingerprint density at radius 1 is 1.53 bits per heavy atom. The monoisotopic (exact) mass is 230 g/mol. The number of nitrogens with zero attached hydrogens (tertiary/aromatic N) is 4. The predicted molar refractivity (Wildman–Crippen MR) is 51.9 cm³/mol. The van der Waals surface area contributed by atoms with Gasteiger partial charge in [0.1, 0.15) is 12.5 Å². The van der Waals surface area contributed by atoms with Crippen molar-refractivity contribution in [2.45, 2.75) is 0 Å². The molecule has 7 nitrogen and oxygen atoms in total. The van der Waals surface area contributed by atoms with Crippen molar-refractivity contribution >= 4 is 10.2 Å². The molecule has 2 heterocycles. The Labute approximate surface area is 87.2 Å². The highest BCUT2D eigenvalue weighted by molar-refractivity contribution is 7.87. The van der Waals surface area contributed by atoms with E-state index in [1.54, 1.807) is 0 Å². The number of aromatic nitrogens is 2. The fourth-order valence-corrected chi connectivity index (χ4v) is 2.45. The number of hydrogen-bond acceptors (Lipinski definition) is 4. The molecule has 0 amide bonds. The summed E-state index contributed by atoms with van der Waals surface area (Å²) >= 11 is 0. The molecule has 0 bridgehead atoms. The fraction of sp³-hybridized carbons (Fsp3) is 0.286. The lowest BCUT2D eigenvalue weighted by Crippen LogP contribution is -2.39. The zero-order valence-electron chi connectivity index (χ0n) is 8.02. The fourth-order valence-electron chi connectivity index (χ4n) is 1.24. The molecule has 1 aliphatic rings. The normalized spacial score (nSPS) is 26.1. The van der Waals surface area contributed by atoms with E-state index in [-0.39, 0.29) is 6.67 Å². The highest BCUT2D eigenvalue weighted by Gasteiger charge is 2.30. The molecule has 1 atom stereocenters. The second-order valence-corrected chi connectivity index (χ2v) is 5.19. The lowest BCUT2D eigenvalue weighted by Gasteiger charge is -2.31. The van der Waals surface area contributed by atoms with E-state index in [0.717, 1.165) is 8.28 Å². The maximum Gasteiger partial charge on any atom is 0.335 e. The molecule has 1 aromatic heterocycles. The van der Waals surface area contributed by atoms with Crippen molar-refractivity contribution < 1.29 is 13.1 Å². The van der Waals surface area contributed by atoms with E-state index in [4.69, 9.17) is 0 Å². The van der Waals surface area contributed by atoms with Gasteiger partial charge >= 0.3 is 10.2 Å². The van der Waals surface area contributed by atoms with Crippen molar-refractivity contribution in [3.63, 3.8) is 0 Å². The highest BCUT2D eigenvalue weighted by atomic mass is 32.2. The summed E-state index contributed by atoms with van der Waals surface area (Å²) in [6.07, 6.45) is 6.40. The second kappa shape index (κ2) is 3.05. The van der Waals surface area contributed by atoms with Gasteiger partial charge in [0.25, 0.3) is 0 Å². The van der Waals surface area contributed by atoms with Gasteiger partial charge in [0.15, 0.2) is 6.67 Å². The highest BCUT2D eigenvalue weighted by Crippen LogP contribution is 2.17. The number of hydrogen-bond donors (Lipinski definition) is 0. The SMILES string of the molecule is C[N+]1([O-])C=CN(S(=O)(=O)n2ccnc2)C1. The van der Waals surface area contributed by atoms with Crippen LogP contribution in [-0.4, -0.2) is 40.0 Å². The molecule has 1 unspecified atom stereocenters. The molecule has 0 aromatic carbocycles. The zero-order valence-corrected chi connectivity index (χ0v) is 8.83. The van der Waals surface area contributed by atoms with Crippen molar-refractivity contribution in [2.24, 2.45) is 0 Å². The van der Waals surface area contributed by atoms with Gasteiger partial charge in [0.2, 0.25) is 0 Å². The molecule has 0 fully saturated rings. The van der Waals surface area contributed by atoms with Crippen LogP contribution in [0.1, 0.15) is 0 Å². The van der Waals surface area contributed by atoms with Gasteiger partial charge in [-0.3, -0.25) is 0 Å². The summed E-state index contributed by atoms with van der Waals surface area (Å²) in [6, 6.07) is 0. The Morgan fingerprint density at radius 3 is 2.73 bits per heavy atom. The molecule has 1 aromatic rings. The molecule has 0 radical (unpaired) electrons. The van der Waals surface area contributed by atoms with Gasteiger partial charge in [-0.25, -0.2) is 13.3 Å². The first-order chi connectivity index (χ1) is 6.92. The van der Waals surface area contributed by atoms with Crippen molar-refractivity contribution in [2.75, 3.05) is 13.7 Å². The van der Waals surface area contributed by atoms with Gasteiger partial charge < -0.3 is 9.85 Å². The molecule has 15 heavy (non-hydrogen) atoms. The smallest absolute Gasteiger partial charge is 0.335 e. The molecular weight excluding hydrogens is 220 g/mol. The van der Waals surface area contributed by atoms with Crippen LogP contribution in [0.2, 0.25) is 0 Å². The molecule has 8 heteroatoms. The van der Waals surface area contributed by atoms with Gasteiger partial charge in [-0.05, 0) is 0 Å². The van der Waals surface area contributed by atoms with Gasteiger partial charge in [-0.2, -0.15) is 8.42 Å². The largest absolute Gasteiger partial charge is 0.627 e. The second-order valence-electron chi connectivity index (χ2n) is 3.40. The number of quaternary nitrogens is 1. The van der Waals surface area contributed by atoms with Crippen molar-refractivity contribution in [1.82, 2.24) is 13.3 Å². The number of hydroxylamine groups is 3. The summed E-state index contributed by atoms with van der Waals surface area (Å²) in [5, 5.41) is 11.4. The molecule has 0 spiro atoms. The predicted octanol–water partition coefficient (Wildman–Crippen LogP) is -0.335. The van der Waals surface area contributed by atoms with Crippen molar-refractivity contribution in [3.8, 4) is 0 Å². The molecule has 0 aliphatic carbocycles. The van der Waals surface area contributed by atoms with Crippen molar-refractivity contribution in [3.05, 3.63) is 36.3 Å². The minimum absolute atomic E-state index is 0.152. The van der Waals surface area contributed by atoms with Crippen LogP contribution in [0, 0.1) is 5.21 Å². The van der Waals surface area contributed by atoms with Crippen LogP contribution >= 0.6 is 0 Å². The molecule has 0 N–H and O–H groups in total. The molecule has 0 saturated carbocycles. The molecule has 82 valence electrons. The molecular formula is C7H10N4O3S. The number of imidazole rings is 1. The summed E-state index contributed by atoms with van der Waals surface area (Å²) in [5.41, 5.74) is 0. The van der Waals surface area contributed by atoms with E-state index in [9.17, 15) is 13.6 Å². The maximum atomic E-state index is 11.8. The summed E-state index contributed by atoms with van der Waals surface area (Å²) in [7, 11) is -2.31. The van der Waals surface area contributed by atoms with E-state index >= 15 is 0 Å². The van der Waals surface area contributed by atoms with E-state index < -0.39 is 14.9 Å². The molecule has 1 aliphatic heterocycles. The Balaban J connectivity index is 2.31. The third kappa shape index (κ3) is 1.74. The van der Waals surface area contributed by atoms with Crippen LogP contribution in [0.4, 0.5) is 0 Å². The lowest BCUT2D eigenvalue weighted by molar-refractivity contribution is -0.807. The minimum atomic E-state index is -3.68. The van der Waals surface area contributed by atoms with Gasteiger partial charge in [-0.1, -0.05) is 0 Å². The first kappa shape index (κ1) is 10.1. The third-order valence-electron chi connectivity index (χ3n) is 2.01. The third-order valence-corrected chi connectivity index (χ3v) is 3.59. The average molecular weight is 230 g/mol. The molecule has 0 saturated heterocycles. The Morgan fingerprint density at radius 2 is 2.27 bits per heavy atom. The van der Waals surface area contributed by atoms with E-state index in [1.165, 1.54) is 38.2 Å². The van der Waals surface area contributed by atoms with Gasteiger partial charge in [-0.15, -0.1) is 0 Å². The van der Waals surface area contributed by atoms with Crippen LogP contribution in [-0.2, 0) is 10.2 Å². The quantitative estimate of drug-likeness (QED) is 0.514. The maximum absolute atomic E-state index is 11.8. The standard InChI is InChI=1S/C7H10N4O3S/c1-11(12)5-4-10(7-11)15(13,14)9-3-2-8-6-9/h2-6H,7H2,1H3. The summed E-state index contributed by atoms with van der Waals surface area (Å²) in [6.45, 7) is -0.152. The Hall–Kier alpha value is -1.38. The summed E-state index contributed by atoms with van der Waals surface area (Å²) in [5.74, 6) is 0. The lowest BCUT2D eigenvalue weighted by atomic mass is 10.8. The first-order valence-electron chi connectivity index (χ1n) is 4.18. The van der Waals surface area contributed by atoms with Crippen LogP contribution in [0.3, 0.4) is 0 Å². The first-order valence-corrected chi connectivity index (χ1v) is 5.57. The zero-order chi connectivity index (χ0) is 11.1. The summed E-state index contributed by atoms with van der Waals surface area (Å²) in [4.78, 5) is 3.65. The van der Waals surface area contributed by atoms with Crippen molar-refractivity contribution in [1.29, 1.82) is 0 Å². The van der Waals surface area contributed by atoms with Crippen LogP contribution in [0.15, 0.2) is 31.1 Å². The van der Waals surface area contributed by atoms with Crippen LogP contribution < -0.4 is 0 Å². The minimum Gasteiger partial charge on any atom is -0.627 e. The topological polar surface area (TPSA) is 78.3 Å². The summed E-state index contributed by atoms with van der Waals surface area (Å²) < 4.78 is 24.9. The van der Waals surface area contributed by atoms with E-state index in [0.29, 0.717) is 0 Å². The average Bonchev–Trinajstić information content (AvgIpc) is 2.72. The molecule has 2 rings (SSSR count).